The fraction of sp³-hybridized carbons (Fsp3) is 0.692. The van der Waals surface area contributed by atoms with Gasteiger partial charge in [-0.2, -0.15) is 18.2 Å². The third kappa shape index (κ3) is 4.25. The number of aromatic nitrogens is 2. The molecule has 0 bridgehead atoms. The van der Waals surface area contributed by atoms with Crippen molar-refractivity contribution >= 4 is 5.82 Å². The Bertz CT molecular complexity index is 449. The number of nitrogens with zero attached hydrogens (tertiary/aromatic N) is 2. The van der Waals surface area contributed by atoms with Crippen LogP contribution in [0.25, 0.3) is 0 Å². The van der Waals surface area contributed by atoms with Crippen molar-refractivity contribution in [1.82, 2.24) is 9.97 Å². The number of anilines is 1. The molecule has 1 heterocycles. The van der Waals surface area contributed by atoms with Gasteiger partial charge in [-0.15, -0.1) is 0 Å². The van der Waals surface area contributed by atoms with Crippen molar-refractivity contribution < 1.29 is 17.9 Å². The van der Waals surface area contributed by atoms with Crippen LogP contribution in [0.2, 0.25) is 0 Å². The summed E-state index contributed by atoms with van der Waals surface area (Å²) < 4.78 is 42.7. The van der Waals surface area contributed by atoms with Crippen LogP contribution in [0.1, 0.15) is 38.6 Å². The zero-order valence-electron chi connectivity index (χ0n) is 12.1. The highest BCUT2D eigenvalue weighted by molar-refractivity contribution is 5.48. The van der Waals surface area contributed by atoms with Gasteiger partial charge in [0.2, 0.25) is 5.88 Å². The second-order valence-corrected chi connectivity index (χ2v) is 4.50. The molecule has 0 amide bonds. The van der Waals surface area contributed by atoms with Crippen molar-refractivity contribution in [3.8, 4) is 5.88 Å². The Balaban J connectivity index is 3.05. The van der Waals surface area contributed by atoms with Crippen LogP contribution in [0.5, 0.6) is 5.88 Å². The number of alkyl halides is 3. The number of nitrogens with one attached hydrogen (secondary N) is 1. The van der Waals surface area contributed by atoms with E-state index in [4.69, 9.17) is 4.74 Å². The molecule has 20 heavy (non-hydrogen) atoms. The lowest BCUT2D eigenvalue weighted by Crippen LogP contribution is -2.32. The van der Waals surface area contributed by atoms with Gasteiger partial charge in [0.1, 0.15) is 11.6 Å². The maximum atomic E-state index is 12.6. The lowest BCUT2D eigenvalue weighted by atomic mass is 10.3. The zero-order chi connectivity index (χ0) is 15.3. The summed E-state index contributed by atoms with van der Waals surface area (Å²) in [5, 5.41) is 3.08. The molecule has 0 aliphatic carbocycles. The number of halogens is 3. The van der Waals surface area contributed by atoms with Crippen molar-refractivity contribution in [2.75, 3.05) is 11.9 Å². The van der Waals surface area contributed by atoms with Crippen LogP contribution in [-0.4, -0.2) is 28.8 Å². The minimum Gasteiger partial charge on any atom is -0.465 e. The predicted octanol–water partition coefficient (Wildman–Crippen LogP) is 3.50. The fourth-order valence-corrected chi connectivity index (χ4v) is 1.46. The molecule has 1 rings (SSSR count). The number of aryl methyl sites for hydroxylation is 1. The van der Waals surface area contributed by atoms with Gasteiger partial charge >= 0.3 is 6.18 Å². The molecule has 4 nitrogen and oxygen atoms in total. The smallest absolute Gasteiger partial charge is 0.425 e. The van der Waals surface area contributed by atoms with Gasteiger partial charge in [-0.25, -0.2) is 4.98 Å². The fourth-order valence-electron chi connectivity index (χ4n) is 1.46. The molecule has 0 aliphatic rings. The second kappa shape index (κ2) is 6.76. The van der Waals surface area contributed by atoms with E-state index in [-0.39, 0.29) is 5.88 Å². The minimum atomic E-state index is -4.42. The molecule has 1 unspecified atom stereocenters. The molecule has 0 radical (unpaired) electrons. The van der Waals surface area contributed by atoms with E-state index in [9.17, 15) is 13.2 Å². The molecule has 1 atom stereocenters. The average Bonchev–Trinajstić information content (AvgIpc) is 2.38. The van der Waals surface area contributed by atoms with Gasteiger partial charge in [-0.3, -0.25) is 0 Å². The Kier molecular flexibility index (Phi) is 5.59. The van der Waals surface area contributed by atoms with Gasteiger partial charge in [0.05, 0.1) is 5.56 Å². The van der Waals surface area contributed by atoms with Crippen LogP contribution in [0.15, 0.2) is 0 Å². The number of hydrogen-bond donors (Lipinski definition) is 1. The quantitative estimate of drug-likeness (QED) is 0.871. The molecule has 1 aromatic heterocycles. The molecule has 0 fully saturated rings. The van der Waals surface area contributed by atoms with Crippen molar-refractivity contribution in [3.05, 3.63) is 11.4 Å². The number of rotatable bonds is 6. The summed E-state index contributed by atoms with van der Waals surface area (Å²) >= 11 is 0. The molecule has 0 spiro atoms. The Morgan fingerprint density at radius 1 is 1.25 bits per heavy atom. The van der Waals surface area contributed by atoms with E-state index in [1.807, 2.05) is 13.8 Å². The summed E-state index contributed by atoms with van der Waals surface area (Å²) in [4.78, 5) is 8.31. The van der Waals surface area contributed by atoms with Crippen LogP contribution in [-0.2, 0) is 6.42 Å². The van der Waals surface area contributed by atoms with E-state index in [1.165, 1.54) is 0 Å². The lowest BCUT2D eigenvalue weighted by molar-refractivity contribution is -0.190. The first-order valence-corrected chi connectivity index (χ1v) is 6.64. The van der Waals surface area contributed by atoms with Crippen LogP contribution < -0.4 is 10.1 Å². The molecule has 1 N–H and O–H groups in total. The van der Waals surface area contributed by atoms with Gasteiger partial charge in [0, 0.05) is 13.0 Å². The summed E-state index contributed by atoms with van der Waals surface area (Å²) in [6.07, 6.45) is -4.90. The Hall–Kier alpha value is -1.53. The Labute approximate surface area is 116 Å². The van der Waals surface area contributed by atoms with Gasteiger partial charge in [-0.1, -0.05) is 13.8 Å². The summed E-state index contributed by atoms with van der Waals surface area (Å²) in [6.45, 7) is 7.13. The topological polar surface area (TPSA) is 47.0 Å². The average molecular weight is 291 g/mol. The molecule has 1 aromatic rings. The summed E-state index contributed by atoms with van der Waals surface area (Å²) in [5.41, 5.74) is 0.492. The molecule has 0 saturated heterocycles. The van der Waals surface area contributed by atoms with Crippen LogP contribution in [0, 0.1) is 6.92 Å². The summed E-state index contributed by atoms with van der Waals surface area (Å²) in [7, 11) is 0. The largest absolute Gasteiger partial charge is 0.465 e. The first-order chi connectivity index (χ1) is 9.29. The van der Waals surface area contributed by atoms with Gasteiger partial charge < -0.3 is 10.1 Å². The van der Waals surface area contributed by atoms with Crippen LogP contribution in [0.4, 0.5) is 19.0 Å². The first kappa shape index (κ1) is 16.5. The van der Waals surface area contributed by atoms with Crippen LogP contribution in [0.3, 0.4) is 0 Å². The van der Waals surface area contributed by atoms with Crippen molar-refractivity contribution in [1.29, 1.82) is 0 Å². The highest BCUT2D eigenvalue weighted by Crippen LogP contribution is 2.28. The monoisotopic (exact) mass is 291 g/mol. The van der Waals surface area contributed by atoms with E-state index >= 15 is 0 Å². The maximum Gasteiger partial charge on any atom is 0.425 e. The van der Waals surface area contributed by atoms with Gasteiger partial charge in [0.25, 0.3) is 0 Å². The molecule has 7 heteroatoms. The van der Waals surface area contributed by atoms with Gasteiger partial charge in [0.15, 0.2) is 6.10 Å². The highest BCUT2D eigenvalue weighted by Gasteiger charge is 2.38. The number of hydrogen-bond acceptors (Lipinski definition) is 4. The first-order valence-electron chi connectivity index (χ1n) is 6.64. The molecular weight excluding hydrogens is 271 g/mol. The predicted molar refractivity (Wildman–Crippen MR) is 71.1 cm³/mol. The Morgan fingerprint density at radius 3 is 2.40 bits per heavy atom. The Morgan fingerprint density at radius 2 is 1.90 bits per heavy atom. The van der Waals surface area contributed by atoms with E-state index in [1.54, 1.807) is 6.92 Å². The van der Waals surface area contributed by atoms with Crippen molar-refractivity contribution in [2.45, 2.75) is 52.8 Å². The van der Waals surface area contributed by atoms with Gasteiger partial charge in [-0.05, 0) is 20.3 Å². The zero-order valence-corrected chi connectivity index (χ0v) is 12.1. The molecule has 0 saturated carbocycles. The molecule has 0 aliphatic heterocycles. The van der Waals surface area contributed by atoms with Crippen molar-refractivity contribution in [3.63, 3.8) is 0 Å². The highest BCUT2D eigenvalue weighted by atomic mass is 19.4. The summed E-state index contributed by atoms with van der Waals surface area (Å²) in [6, 6.07) is 0. The van der Waals surface area contributed by atoms with E-state index < -0.39 is 12.3 Å². The maximum absolute atomic E-state index is 12.6. The molecular formula is C13H20F3N3O. The van der Waals surface area contributed by atoms with Crippen LogP contribution >= 0.6 is 0 Å². The molecule has 0 aromatic carbocycles. The number of ether oxygens (including phenoxy) is 1. The van der Waals surface area contributed by atoms with E-state index in [0.29, 0.717) is 30.2 Å². The summed E-state index contributed by atoms with van der Waals surface area (Å²) in [5.74, 6) is 0.974. The standard InChI is InChI=1S/C13H20F3N3O/c1-5-7-17-11-8(3)12(19-10(6-2)18-11)20-9(4)13(14,15)16/h9H,5-7H2,1-4H3,(H,17,18,19). The van der Waals surface area contributed by atoms with E-state index in [0.717, 1.165) is 13.3 Å². The van der Waals surface area contributed by atoms with E-state index in [2.05, 4.69) is 15.3 Å². The molecule has 114 valence electrons. The SMILES string of the molecule is CCCNc1nc(CC)nc(OC(C)C(F)(F)F)c1C. The lowest BCUT2D eigenvalue weighted by Gasteiger charge is -2.19. The third-order valence-electron chi connectivity index (χ3n) is 2.76. The third-order valence-corrected chi connectivity index (χ3v) is 2.76. The minimum absolute atomic E-state index is 0.0136. The normalized spacial score (nSPS) is 13.2. The second-order valence-electron chi connectivity index (χ2n) is 4.50. The van der Waals surface area contributed by atoms with Crippen molar-refractivity contribution in [2.24, 2.45) is 0 Å².